The van der Waals surface area contributed by atoms with Gasteiger partial charge in [-0.05, 0) is 61.6 Å². The van der Waals surface area contributed by atoms with Crippen molar-refractivity contribution in [1.82, 2.24) is 9.88 Å². The van der Waals surface area contributed by atoms with E-state index in [-0.39, 0.29) is 5.91 Å². The standard InChI is InChI=1S/C29H38N2O5/c1-5-7-9-11-13-27(32)31-18-16-22-14-15-23(20-24(22)28(31)29(33)34-4)35-19-17-25-21(3)36-26(30-25)12-10-8-6-2/h10-15,20,28H,5-9,16-19H2,1-4H3/b12-10+,13-11?. The second-order valence-electron chi connectivity index (χ2n) is 8.96. The fourth-order valence-electron chi connectivity index (χ4n) is 4.26. The van der Waals surface area contributed by atoms with E-state index >= 15 is 0 Å². The average molecular weight is 495 g/mol. The summed E-state index contributed by atoms with van der Waals surface area (Å²) in [7, 11) is 1.35. The number of allylic oxidation sites excluding steroid dienone is 2. The number of nitrogens with zero attached hydrogens (tertiary/aromatic N) is 2. The first-order valence-electron chi connectivity index (χ1n) is 12.9. The first kappa shape index (κ1) is 27.2. The zero-order valence-electron chi connectivity index (χ0n) is 21.9. The van der Waals surface area contributed by atoms with Crippen molar-refractivity contribution in [1.29, 1.82) is 0 Å². The van der Waals surface area contributed by atoms with E-state index in [0.717, 1.165) is 54.7 Å². The summed E-state index contributed by atoms with van der Waals surface area (Å²) in [6.45, 7) is 7.02. The SMILES string of the molecule is CCC/C=C/c1nc(CCOc2ccc3c(c2)C(C(=O)OC)N(C(=O)C=CCCCC)CC3)c(C)o1. The molecule has 0 spiro atoms. The van der Waals surface area contributed by atoms with Crippen LogP contribution >= 0.6 is 0 Å². The maximum absolute atomic E-state index is 12.9. The van der Waals surface area contributed by atoms with Crippen LogP contribution in [0.4, 0.5) is 0 Å². The highest BCUT2D eigenvalue weighted by molar-refractivity contribution is 5.92. The molecule has 1 aromatic carbocycles. The van der Waals surface area contributed by atoms with Crippen LogP contribution in [-0.4, -0.2) is 42.0 Å². The predicted molar refractivity (Wildman–Crippen MR) is 140 cm³/mol. The number of methoxy groups -OCH3 is 1. The molecule has 0 saturated heterocycles. The van der Waals surface area contributed by atoms with Crippen molar-refractivity contribution in [2.45, 2.75) is 71.8 Å². The Morgan fingerprint density at radius 3 is 2.78 bits per heavy atom. The Hall–Kier alpha value is -3.35. The van der Waals surface area contributed by atoms with Gasteiger partial charge in [0.05, 0.1) is 19.4 Å². The first-order valence-corrected chi connectivity index (χ1v) is 12.9. The number of carbonyl (C=O) groups is 2. The van der Waals surface area contributed by atoms with Crippen LogP contribution in [0.3, 0.4) is 0 Å². The molecule has 7 nitrogen and oxygen atoms in total. The van der Waals surface area contributed by atoms with E-state index in [1.54, 1.807) is 11.0 Å². The van der Waals surface area contributed by atoms with Crippen LogP contribution in [0.15, 0.2) is 40.8 Å². The summed E-state index contributed by atoms with van der Waals surface area (Å²) in [6, 6.07) is 4.94. The van der Waals surface area contributed by atoms with E-state index in [2.05, 4.69) is 24.9 Å². The number of hydrogen-bond acceptors (Lipinski definition) is 6. The summed E-state index contributed by atoms with van der Waals surface area (Å²) in [5.74, 6) is 1.40. The normalized spacial score (nSPS) is 15.4. The number of benzene rings is 1. The number of rotatable bonds is 12. The van der Waals surface area contributed by atoms with Gasteiger partial charge in [0.25, 0.3) is 0 Å². The van der Waals surface area contributed by atoms with Gasteiger partial charge in [0.15, 0.2) is 6.04 Å². The van der Waals surface area contributed by atoms with Crippen molar-refractivity contribution < 1.29 is 23.5 Å². The van der Waals surface area contributed by atoms with Crippen LogP contribution in [0.1, 0.15) is 80.5 Å². The van der Waals surface area contributed by atoms with Gasteiger partial charge in [-0.1, -0.05) is 51.3 Å². The van der Waals surface area contributed by atoms with Crippen molar-refractivity contribution >= 4 is 18.0 Å². The van der Waals surface area contributed by atoms with Gasteiger partial charge >= 0.3 is 5.97 Å². The minimum Gasteiger partial charge on any atom is -0.493 e. The van der Waals surface area contributed by atoms with Crippen molar-refractivity contribution in [3.05, 3.63) is 64.9 Å². The Balaban J connectivity index is 1.70. The maximum Gasteiger partial charge on any atom is 0.333 e. The van der Waals surface area contributed by atoms with Crippen LogP contribution < -0.4 is 4.74 Å². The second-order valence-corrected chi connectivity index (χ2v) is 8.96. The molecule has 2 aromatic rings. The van der Waals surface area contributed by atoms with E-state index < -0.39 is 12.0 Å². The quantitative estimate of drug-likeness (QED) is 0.212. The van der Waals surface area contributed by atoms with Crippen LogP contribution in [0.5, 0.6) is 5.75 Å². The lowest BCUT2D eigenvalue weighted by Gasteiger charge is -2.35. The molecule has 36 heavy (non-hydrogen) atoms. The Labute approximate surface area is 214 Å². The molecular formula is C29H38N2O5. The minimum absolute atomic E-state index is 0.177. The number of carbonyl (C=O) groups excluding carboxylic acids is 2. The van der Waals surface area contributed by atoms with E-state index in [1.165, 1.54) is 7.11 Å². The van der Waals surface area contributed by atoms with Crippen LogP contribution in [0.2, 0.25) is 0 Å². The summed E-state index contributed by atoms with van der Waals surface area (Å²) >= 11 is 0. The van der Waals surface area contributed by atoms with Gasteiger partial charge in [-0.2, -0.15) is 0 Å². The monoisotopic (exact) mass is 494 g/mol. The third kappa shape index (κ3) is 7.09. The van der Waals surface area contributed by atoms with Crippen LogP contribution in [0.25, 0.3) is 6.08 Å². The number of oxazole rings is 1. The van der Waals surface area contributed by atoms with E-state index in [4.69, 9.17) is 13.9 Å². The molecule has 1 aromatic heterocycles. The molecule has 194 valence electrons. The molecule has 0 saturated carbocycles. The zero-order chi connectivity index (χ0) is 25.9. The summed E-state index contributed by atoms with van der Waals surface area (Å²) < 4.78 is 16.8. The number of aryl methyl sites for hydroxylation is 1. The van der Waals surface area contributed by atoms with Gasteiger partial charge in [-0.25, -0.2) is 9.78 Å². The predicted octanol–water partition coefficient (Wildman–Crippen LogP) is 5.76. The highest BCUT2D eigenvalue weighted by Crippen LogP contribution is 2.34. The molecule has 7 heteroatoms. The average Bonchev–Trinajstić information content (AvgIpc) is 3.24. The lowest BCUT2D eigenvalue weighted by Crippen LogP contribution is -2.43. The van der Waals surface area contributed by atoms with Crippen molar-refractivity contribution in [3.63, 3.8) is 0 Å². The summed E-state index contributed by atoms with van der Waals surface area (Å²) in [4.78, 5) is 31.8. The van der Waals surface area contributed by atoms with Gasteiger partial charge in [-0.3, -0.25) is 4.79 Å². The summed E-state index contributed by atoms with van der Waals surface area (Å²) in [6.07, 6.45) is 13.7. The molecule has 0 bridgehead atoms. The van der Waals surface area contributed by atoms with Gasteiger partial charge in [0.2, 0.25) is 11.8 Å². The molecule has 0 aliphatic carbocycles. The molecule has 2 heterocycles. The Morgan fingerprint density at radius 2 is 2.03 bits per heavy atom. The van der Waals surface area contributed by atoms with Gasteiger partial charge in [0, 0.05) is 13.0 Å². The zero-order valence-corrected chi connectivity index (χ0v) is 21.9. The molecular weight excluding hydrogens is 456 g/mol. The molecule has 1 unspecified atom stereocenters. The van der Waals surface area contributed by atoms with Gasteiger partial charge in [-0.15, -0.1) is 0 Å². The fraction of sp³-hybridized carbons (Fsp3) is 0.483. The maximum atomic E-state index is 12.9. The number of aromatic nitrogens is 1. The van der Waals surface area contributed by atoms with E-state index in [9.17, 15) is 9.59 Å². The molecule has 3 rings (SSSR count). The number of ether oxygens (including phenoxy) is 2. The number of esters is 1. The van der Waals surface area contributed by atoms with Gasteiger partial charge < -0.3 is 18.8 Å². The van der Waals surface area contributed by atoms with Crippen molar-refractivity contribution in [2.75, 3.05) is 20.3 Å². The molecule has 0 N–H and O–H groups in total. The van der Waals surface area contributed by atoms with Crippen LogP contribution in [-0.2, 0) is 27.2 Å². The van der Waals surface area contributed by atoms with Crippen molar-refractivity contribution in [2.24, 2.45) is 0 Å². The minimum atomic E-state index is -0.791. The number of unbranched alkanes of at least 4 members (excludes halogenated alkanes) is 3. The molecule has 1 aliphatic rings. The molecule has 0 radical (unpaired) electrons. The lowest BCUT2D eigenvalue weighted by molar-refractivity contribution is -0.152. The van der Waals surface area contributed by atoms with E-state index in [1.807, 2.05) is 37.3 Å². The highest BCUT2D eigenvalue weighted by atomic mass is 16.5. The van der Waals surface area contributed by atoms with Gasteiger partial charge in [0.1, 0.15) is 11.5 Å². The third-order valence-electron chi connectivity index (χ3n) is 6.27. The summed E-state index contributed by atoms with van der Waals surface area (Å²) in [5.41, 5.74) is 2.64. The molecule has 1 amide bonds. The topological polar surface area (TPSA) is 81.9 Å². The Bertz CT molecular complexity index is 1090. The Morgan fingerprint density at radius 1 is 1.19 bits per heavy atom. The first-order chi connectivity index (χ1) is 17.5. The largest absolute Gasteiger partial charge is 0.493 e. The number of hydrogen-bond donors (Lipinski definition) is 0. The molecule has 1 aliphatic heterocycles. The fourth-order valence-corrected chi connectivity index (χ4v) is 4.26. The second kappa shape index (κ2) is 13.7. The number of amides is 1. The number of fused-ring (bicyclic) bond motifs is 1. The molecule has 0 fully saturated rings. The third-order valence-corrected chi connectivity index (χ3v) is 6.27. The van der Waals surface area contributed by atoms with Crippen LogP contribution in [0, 0.1) is 6.92 Å². The van der Waals surface area contributed by atoms with Crippen molar-refractivity contribution in [3.8, 4) is 5.75 Å². The van der Waals surface area contributed by atoms with E-state index in [0.29, 0.717) is 37.6 Å². The highest BCUT2D eigenvalue weighted by Gasteiger charge is 2.36. The molecule has 1 atom stereocenters. The summed E-state index contributed by atoms with van der Waals surface area (Å²) in [5, 5.41) is 0. The Kier molecular flexibility index (Phi) is 10.3. The lowest BCUT2D eigenvalue weighted by atomic mass is 9.92. The smallest absolute Gasteiger partial charge is 0.333 e.